The first-order valence-electron chi connectivity index (χ1n) is 14.5. The molecule has 0 aliphatic heterocycles. The van der Waals surface area contributed by atoms with Crippen LogP contribution in [0.1, 0.15) is 33.4 Å². The lowest BCUT2D eigenvalue weighted by Gasteiger charge is -2.01. The molecule has 0 amide bonds. The van der Waals surface area contributed by atoms with Crippen molar-refractivity contribution in [1.82, 2.24) is 0 Å². The summed E-state index contributed by atoms with van der Waals surface area (Å²) in [4.78, 5) is 0. The van der Waals surface area contributed by atoms with Crippen molar-refractivity contribution in [2.24, 2.45) is 0 Å². The van der Waals surface area contributed by atoms with Gasteiger partial charge >= 0.3 is 0 Å². The SMILES string of the molecule is Cc1cc[n+](Cc2ccc(C[n+]3ccccc3)cc2)cc1.Cc1cc[n+](Cc2ccc(C[n+]3ccccc3)cc2)cc1. The van der Waals surface area contributed by atoms with Gasteiger partial charge in [0.25, 0.3) is 0 Å². The Hall–Kier alpha value is -4.96. The van der Waals surface area contributed by atoms with Crippen LogP contribution in [0, 0.1) is 13.8 Å². The topological polar surface area (TPSA) is 15.5 Å². The average Bonchev–Trinajstić information content (AvgIpc) is 3.03. The smallest absolute Gasteiger partial charge is 0.173 e. The van der Waals surface area contributed by atoms with Gasteiger partial charge in [0, 0.05) is 70.8 Å². The minimum absolute atomic E-state index is 0.915. The van der Waals surface area contributed by atoms with Crippen molar-refractivity contribution in [2.75, 3.05) is 0 Å². The fourth-order valence-electron chi connectivity index (χ4n) is 4.70. The fourth-order valence-corrected chi connectivity index (χ4v) is 4.70. The van der Waals surface area contributed by atoms with E-state index < -0.39 is 0 Å². The van der Waals surface area contributed by atoms with Crippen LogP contribution >= 0.6 is 0 Å². The Morgan fingerprint density at radius 1 is 0.310 bits per heavy atom. The Bertz CT molecular complexity index is 1500. The highest BCUT2D eigenvalue weighted by molar-refractivity contribution is 5.22. The number of rotatable bonds is 8. The van der Waals surface area contributed by atoms with Crippen LogP contribution in [-0.4, -0.2) is 0 Å². The lowest BCUT2D eigenvalue weighted by Crippen LogP contribution is -2.33. The van der Waals surface area contributed by atoms with Crippen LogP contribution in [0.15, 0.2) is 159 Å². The maximum atomic E-state index is 2.21. The fraction of sp³-hybridized carbons (Fsp3) is 0.158. The average molecular weight is 553 g/mol. The zero-order valence-electron chi connectivity index (χ0n) is 24.6. The molecule has 2 aromatic carbocycles. The van der Waals surface area contributed by atoms with Crippen LogP contribution in [0.2, 0.25) is 0 Å². The standard InChI is InChI=1S/2C19H20N2/c2*1-17-9-13-21(14-10-17)16-19-7-5-18(6-8-19)15-20-11-3-2-4-12-20/h2*2-14H,15-16H2,1H3/q2*+2. The van der Waals surface area contributed by atoms with E-state index in [1.807, 2.05) is 12.1 Å². The number of pyridine rings is 4. The summed E-state index contributed by atoms with van der Waals surface area (Å²) >= 11 is 0. The molecule has 4 heteroatoms. The molecule has 0 aliphatic rings. The summed E-state index contributed by atoms with van der Waals surface area (Å²) in [6.07, 6.45) is 16.9. The minimum atomic E-state index is 0.915. The predicted molar refractivity (Wildman–Crippen MR) is 165 cm³/mol. The summed E-state index contributed by atoms with van der Waals surface area (Å²) in [5, 5.41) is 0. The zero-order chi connectivity index (χ0) is 29.0. The van der Waals surface area contributed by atoms with Gasteiger partial charge in [-0.25, -0.2) is 18.3 Å². The second-order valence-corrected chi connectivity index (χ2v) is 10.8. The monoisotopic (exact) mass is 552 g/mol. The molecule has 6 rings (SSSR count). The van der Waals surface area contributed by atoms with Crippen molar-refractivity contribution in [3.05, 3.63) is 192 Å². The molecular formula is C38H40N4+4. The molecule has 208 valence electrons. The number of hydrogen-bond donors (Lipinski definition) is 0. The Kier molecular flexibility index (Phi) is 9.93. The highest BCUT2D eigenvalue weighted by Gasteiger charge is 2.06. The molecule has 0 N–H and O–H groups in total. The van der Waals surface area contributed by atoms with Crippen LogP contribution < -0.4 is 18.3 Å². The van der Waals surface area contributed by atoms with Gasteiger partial charge in [0.2, 0.25) is 0 Å². The van der Waals surface area contributed by atoms with Crippen LogP contribution in [-0.2, 0) is 26.2 Å². The van der Waals surface area contributed by atoms with Crippen molar-refractivity contribution in [3.8, 4) is 0 Å². The van der Waals surface area contributed by atoms with Crippen molar-refractivity contribution in [1.29, 1.82) is 0 Å². The first-order valence-corrected chi connectivity index (χ1v) is 14.5. The van der Waals surface area contributed by atoms with Crippen LogP contribution in [0.4, 0.5) is 0 Å². The third-order valence-electron chi connectivity index (χ3n) is 7.18. The van der Waals surface area contributed by atoms with Gasteiger partial charge < -0.3 is 0 Å². The van der Waals surface area contributed by atoms with Gasteiger partial charge in [-0.2, -0.15) is 0 Å². The van der Waals surface area contributed by atoms with E-state index >= 15 is 0 Å². The van der Waals surface area contributed by atoms with Crippen molar-refractivity contribution in [2.45, 2.75) is 40.0 Å². The molecule has 4 aromatic heterocycles. The molecule has 0 unspecified atom stereocenters. The highest BCUT2D eigenvalue weighted by Crippen LogP contribution is 2.06. The maximum Gasteiger partial charge on any atom is 0.173 e. The molecule has 0 aliphatic carbocycles. The van der Waals surface area contributed by atoms with Crippen LogP contribution in [0.3, 0.4) is 0 Å². The molecule has 0 saturated heterocycles. The maximum absolute atomic E-state index is 2.21. The highest BCUT2D eigenvalue weighted by atomic mass is 14.9. The molecule has 4 heterocycles. The van der Waals surface area contributed by atoms with E-state index in [2.05, 4.69) is 179 Å². The molecule has 0 bridgehead atoms. The number of aryl methyl sites for hydroxylation is 2. The Balaban J connectivity index is 0.000000168. The molecule has 0 saturated carbocycles. The Labute approximate surface area is 250 Å². The van der Waals surface area contributed by atoms with Crippen molar-refractivity contribution < 1.29 is 18.3 Å². The molecule has 6 aromatic rings. The van der Waals surface area contributed by atoms with E-state index in [0.717, 1.165) is 26.2 Å². The Morgan fingerprint density at radius 3 is 0.810 bits per heavy atom. The predicted octanol–water partition coefficient (Wildman–Crippen LogP) is 5.33. The lowest BCUT2D eigenvalue weighted by molar-refractivity contribution is -0.689. The van der Waals surface area contributed by atoms with E-state index in [0.29, 0.717) is 0 Å². The quantitative estimate of drug-likeness (QED) is 0.227. The Morgan fingerprint density at radius 2 is 0.548 bits per heavy atom. The van der Waals surface area contributed by atoms with Gasteiger partial charge in [0.15, 0.2) is 75.8 Å². The van der Waals surface area contributed by atoms with E-state index in [9.17, 15) is 0 Å². The lowest BCUT2D eigenvalue weighted by atomic mass is 10.1. The molecule has 4 nitrogen and oxygen atoms in total. The molecule has 0 fully saturated rings. The third kappa shape index (κ3) is 9.03. The minimum Gasteiger partial charge on any atom is -0.201 e. The van der Waals surface area contributed by atoms with Gasteiger partial charge in [0.05, 0.1) is 0 Å². The van der Waals surface area contributed by atoms with Gasteiger partial charge in [-0.3, -0.25) is 0 Å². The molecule has 42 heavy (non-hydrogen) atoms. The number of aromatic nitrogens is 4. The molecule has 0 spiro atoms. The number of nitrogens with zero attached hydrogens (tertiary/aromatic N) is 4. The van der Waals surface area contributed by atoms with Crippen LogP contribution in [0.5, 0.6) is 0 Å². The van der Waals surface area contributed by atoms with Gasteiger partial charge in [0.1, 0.15) is 0 Å². The van der Waals surface area contributed by atoms with Crippen molar-refractivity contribution in [3.63, 3.8) is 0 Å². The van der Waals surface area contributed by atoms with Gasteiger partial charge in [-0.05, 0) is 25.0 Å². The first kappa shape index (κ1) is 28.6. The van der Waals surface area contributed by atoms with E-state index in [1.54, 1.807) is 0 Å². The summed E-state index contributed by atoms with van der Waals surface area (Å²) < 4.78 is 8.77. The largest absolute Gasteiger partial charge is 0.201 e. The van der Waals surface area contributed by atoms with E-state index in [1.165, 1.54) is 33.4 Å². The summed E-state index contributed by atoms with van der Waals surface area (Å²) in [5.41, 5.74) is 7.88. The molecular weight excluding hydrogens is 512 g/mol. The van der Waals surface area contributed by atoms with Gasteiger partial charge in [-0.15, -0.1) is 0 Å². The number of hydrogen-bond acceptors (Lipinski definition) is 0. The van der Waals surface area contributed by atoms with Gasteiger partial charge in [-0.1, -0.05) is 60.7 Å². The number of benzene rings is 2. The van der Waals surface area contributed by atoms with Crippen LogP contribution in [0.25, 0.3) is 0 Å². The summed E-state index contributed by atoms with van der Waals surface area (Å²) in [6, 6.07) is 38.6. The van der Waals surface area contributed by atoms with Crippen molar-refractivity contribution >= 4 is 0 Å². The second-order valence-electron chi connectivity index (χ2n) is 10.8. The van der Waals surface area contributed by atoms with E-state index in [-0.39, 0.29) is 0 Å². The second kappa shape index (κ2) is 14.6. The zero-order valence-corrected chi connectivity index (χ0v) is 24.6. The third-order valence-corrected chi connectivity index (χ3v) is 7.18. The summed E-state index contributed by atoms with van der Waals surface area (Å²) in [6.45, 7) is 7.89. The first-order chi connectivity index (χ1) is 20.6. The van der Waals surface area contributed by atoms with E-state index in [4.69, 9.17) is 0 Å². The molecule has 0 radical (unpaired) electrons. The summed E-state index contributed by atoms with van der Waals surface area (Å²) in [7, 11) is 0. The normalized spacial score (nSPS) is 10.5. The summed E-state index contributed by atoms with van der Waals surface area (Å²) in [5.74, 6) is 0. The molecule has 0 atom stereocenters.